The normalized spacial score (nSPS) is 30.4. The number of hydrogen-bond donors (Lipinski definition) is 0. The van der Waals surface area contributed by atoms with Crippen LogP contribution in [0.3, 0.4) is 0 Å². The SMILES string of the molecule is CC(=O)CCN1CCCC(C)C1C. The summed E-state index contributed by atoms with van der Waals surface area (Å²) in [5, 5.41) is 0. The molecule has 0 aromatic rings. The minimum absolute atomic E-state index is 0.311. The van der Waals surface area contributed by atoms with Crippen LogP contribution in [0.4, 0.5) is 0 Å². The Labute approximate surface area is 81.3 Å². The highest BCUT2D eigenvalue weighted by atomic mass is 16.1. The highest BCUT2D eigenvalue weighted by Crippen LogP contribution is 2.22. The molecule has 0 aliphatic carbocycles. The molecule has 1 saturated heterocycles. The summed E-state index contributed by atoms with van der Waals surface area (Å²) in [6.45, 7) is 8.41. The zero-order valence-electron chi connectivity index (χ0n) is 9.05. The van der Waals surface area contributed by atoms with Crippen LogP contribution in [0.1, 0.15) is 40.0 Å². The third kappa shape index (κ3) is 3.11. The maximum absolute atomic E-state index is 10.8. The molecule has 76 valence electrons. The average molecular weight is 183 g/mol. The van der Waals surface area contributed by atoms with Gasteiger partial charge in [-0.15, -0.1) is 0 Å². The summed E-state index contributed by atoms with van der Waals surface area (Å²) in [7, 11) is 0. The van der Waals surface area contributed by atoms with E-state index in [0.717, 1.165) is 18.9 Å². The lowest BCUT2D eigenvalue weighted by molar-refractivity contribution is -0.117. The molecule has 1 rings (SSSR count). The summed E-state index contributed by atoms with van der Waals surface area (Å²) in [4.78, 5) is 13.3. The van der Waals surface area contributed by atoms with Crippen molar-refractivity contribution in [3.05, 3.63) is 0 Å². The highest BCUT2D eigenvalue weighted by molar-refractivity contribution is 5.75. The molecule has 2 nitrogen and oxygen atoms in total. The zero-order valence-corrected chi connectivity index (χ0v) is 9.05. The molecule has 0 saturated carbocycles. The van der Waals surface area contributed by atoms with Crippen LogP contribution >= 0.6 is 0 Å². The maximum atomic E-state index is 10.8. The largest absolute Gasteiger partial charge is 0.300 e. The molecule has 1 fully saturated rings. The van der Waals surface area contributed by atoms with E-state index in [9.17, 15) is 4.79 Å². The number of piperidine rings is 1. The number of ketones is 1. The van der Waals surface area contributed by atoms with Crippen molar-refractivity contribution < 1.29 is 4.79 Å². The lowest BCUT2D eigenvalue weighted by Gasteiger charge is -2.37. The van der Waals surface area contributed by atoms with Crippen LogP contribution in [-0.2, 0) is 4.79 Å². The minimum Gasteiger partial charge on any atom is -0.300 e. The Morgan fingerprint density at radius 2 is 2.15 bits per heavy atom. The van der Waals surface area contributed by atoms with Gasteiger partial charge in [0.25, 0.3) is 0 Å². The molecule has 0 bridgehead atoms. The van der Waals surface area contributed by atoms with E-state index in [0.29, 0.717) is 11.8 Å². The summed E-state index contributed by atoms with van der Waals surface area (Å²) in [5.74, 6) is 1.10. The second-order valence-electron chi connectivity index (χ2n) is 4.35. The van der Waals surface area contributed by atoms with Gasteiger partial charge in [0.2, 0.25) is 0 Å². The molecule has 0 radical (unpaired) electrons. The predicted octanol–water partition coefficient (Wildman–Crippen LogP) is 2.09. The Morgan fingerprint density at radius 1 is 1.46 bits per heavy atom. The molecule has 2 heteroatoms. The van der Waals surface area contributed by atoms with Crippen molar-refractivity contribution in [1.29, 1.82) is 0 Å². The second-order valence-corrected chi connectivity index (χ2v) is 4.35. The first kappa shape index (κ1) is 10.7. The fourth-order valence-corrected chi connectivity index (χ4v) is 2.04. The van der Waals surface area contributed by atoms with E-state index in [1.807, 2.05) is 0 Å². The predicted molar refractivity (Wildman–Crippen MR) is 54.7 cm³/mol. The molecular formula is C11H21NO. The van der Waals surface area contributed by atoms with Gasteiger partial charge in [-0.3, -0.25) is 9.69 Å². The fraction of sp³-hybridized carbons (Fsp3) is 0.909. The Bertz CT molecular complexity index is 179. The molecule has 2 atom stereocenters. The Balaban J connectivity index is 2.35. The number of likely N-dealkylation sites (tertiary alicyclic amines) is 1. The van der Waals surface area contributed by atoms with E-state index in [4.69, 9.17) is 0 Å². The number of carbonyl (C=O) groups is 1. The maximum Gasteiger partial charge on any atom is 0.131 e. The molecule has 1 aliphatic rings. The monoisotopic (exact) mass is 183 g/mol. The Kier molecular flexibility index (Phi) is 3.91. The second kappa shape index (κ2) is 4.75. The number of carbonyl (C=O) groups excluding carboxylic acids is 1. The van der Waals surface area contributed by atoms with E-state index in [1.165, 1.54) is 19.4 Å². The summed E-state index contributed by atoms with van der Waals surface area (Å²) in [5.41, 5.74) is 0. The van der Waals surface area contributed by atoms with Crippen molar-refractivity contribution >= 4 is 5.78 Å². The third-order valence-corrected chi connectivity index (χ3v) is 3.26. The third-order valence-electron chi connectivity index (χ3n) is 3.26. The van der Waals surface area contributed by atoms with Crippen molar-refractivity contribution in [2.24, 2.45) is 5.92 Å². The van der Waals surface area contributed by atoms with Gasteiger partial charge < -0.3 is 0 Å². The first-order valence-corrected chi connectivity index (χ1v) is 5.34. The van der Waals surface area contributed by atoms with Gasteiger partial charge >= 0.3 is 0 Å². The van der Waals surface area contributed by atoms with Gasteiger partial charge in [-0.1, -0.05) is 6.92 Å². The van der Waals surface area contributed by atoms with Crippen LogP contribution in [-0.4, -0.2) is 29.8 Å². The molecule has 0 spiro atoms. The summed E-state index contributed by atoms with van der Waals surface area (Å²) < 4.78 is 0. The smallest absolute Gasteiger partial charge is 0.131 e. The van der Waals surface area contributed by atoms with E-state index in [1.54, 1.807) is 6.92 Å². The quantitative estimate of drug-likeness (QED) is 0.667. The van der Waals surface area contributed by atoms with Gasteiger partial charge in [-0.2, -0.15) is 0 Å². The van der Waals surface area contributed by atoms with E-state index >= 15 is 0 Å². The van der Waals surface area contributed by atoms with Gasteiger partial charge in [-0.05, 0) is 39.2 Å². The zero-order chi connectivity index (χ0) is 9.84. The molecule has 0 aromatic carbocycles. The van der Waals surface area contributed by atoms with Gasteiger partial charge in [0.15, 0.2) is 0 Å². The number of Topliss-reactive ketones (excluding diaryl/α,β-unsaturated/α-hetero) is 1. The van der Waals surface area contributed by atoms with Gasteiger partial charge in [-0.25, -0.2) is 0 Å². The Hall–Kier alpha value is -0.370. The minimum atomic E-state index is 0.311. The van der Waals surface area contributed by atoms with Gasteiger partial charge in [0.1, 0.15) is 5.78 Å². The molecule has 1 aliphatic heterocycles. The van der Waals surface area contributed by atoms with E-state index in [2.05, 4.69) is 18.7 Å². The van der Waals surface area contributed by atoms with Crippen LogP contribution in [0.25, 0.3) is 0 Å². The van der Waals surface area contributed by atoms with Gasteiger partial charge in [0, 0.05) is 19.0 Å². The average Bonchev–Trinajstić information content (AvgIpc) is 2.07. The summed E-state index contributed by atoms with van der Waals surface area (Å²) >= 11 is 0. The number of nitrogens with zero attached hydrogens (tertiary/aromatic N) is 1. The molecule has 13 heavy (non-hydrogen) atoms. The topological polar surface area (TPSA) is 20.3 Å². The van der Waals surface area contributed by atoms with Gasteiger partial charge in [0.05, 0.1) is 0 Å². The van der Waals surface area contributed by atoms with Crippen molar-refractivity contribution in [2.75, 3.05) is 13.1 Å². The first-order chi connectivity index (χ1) is 6.11. The van der Waals surface area contributed by atoms with Crippen LogP contribution in [0, 0.1) is 5.92 Å². The first-order valence-electron chi connectivity index (χ1n) is 5.34. The van der Waals surface area contributed by atoms with Crippen molar-refractivity contribution in [3.63, 3.8) is 0 Å². The molecule has 0 aromatic heterocycles. The van der Waals surface area contributed by atoms with Crippen molar-refractivity contribution in [1.82, 2.24) is 4.90 Å². The van der Waals surface area contributed by atoms with E-state index in [-0.39, 0.29) is 0 Å². The molecule has 1 heterocycles. The van der Waals surface area contributed by atoms with Crippen molar-refractivity contribution in [3.8, 4) is 0 Å². The molecule has 0 amide bonds. The summed E-state index contributed by atoms with van der Waals surface area (Å²) in [6, 6.07) is 0.660. The van der Waals surface area contributed by atoms with E-state index < -0.39 is 0 Å². The highest BCUT2D eigenvalue weighted by Gasteiger charge is 2.23. The molecular weight excluding hydrogens is 162 g/mol. The Morgan fingerprint density at radius 3 is 2.77 bits per heavy atom. The lowest BCUT2D eigenvalue weighted by atomic mass is 9.92. The summed E-state index contributed by atoms with van der Waals surface area (Å²) in [6.07, 6.45) is 3.36. The molecule has 2 unspecified atom stereocenters. The fourth-order valence-electron chi connectivity index (χ4n) is 2.04. The van der Waals surface area contributed by atoms with Crippen LogP contribution < -0.4 is 0 Å². The standard InChI is InChI=1S/C11H21NO/c1-9-5-4-7-12(11(9)3)8-6-10(2)13/h9,11H,4-8H2,1-3H3. The van der Waals surface area contributed by atoms with Crippen LogP contribution in [0.2, 0.25) is 0 Å². The number of rotatable bonds is 3. The van der Waals surface area contributed by atoms with Crippen LogP contribution in [0.5, 0.6) is 0 Å². The molecule has 0 N–H and O–H groups in total. The van der Waals surface area contributed by atoms with Crippen molar-refractivity contribution in [2.45, 2.75) is 46.1 Å². The lowest BCUT2D eigenvalue weighted by Crippen LogP contribution is -2.43. The number of hydrogen-bond acceptors (Lipinski definition) is 2. The van der Waals surface area contributed by atoms with Crippen LogP contribution in [0.15, 0.2) is 0 Å².